The van der Waals surface area contributed by atoms with Crippen molar-refractivity contribution in [3.63, 3.8) is 0 Å². The largest absolute Gasteiger partial charge is 0.338 e. The van der Waals surface area contributed by atoms with Gasteiger partial charge in [0.25, 0.3) is 0 Å². The van der Waals surface area contributed by atoms with Crippen molar-refractivity contribution in [3.8, 4) is 6.07 Å². The van der Waals surface area contributed by atoms with E-state index in [0.717, 1.165) is 5.69 Å². The lowest BCUT2D eigenvalue weighted by Gasteiger charge is -2.20. The van der Waals surface area contributed by atoms with Gasteiger partial charge in [0.1, 0.15) is 5.54 Å². The lowest BCUT2D eigenvalue weighted by Crippen LogP contribution is -2.45. The van der Waals surface area contributed by atoms with Gasteiger partial charge in [-0.15, -0.1) is 0 Å². The molecule has 0 bridgehead atoms. The van der Waals surface area contributed by atoms with Crippen LogP contribution in [0.25, 0.3) is 0 Å². The van der Waals surface area contributed by atoms with E-state index in [1.807, 2.05) is 36.4 Å². The van der Waals surface area contributed by atoms with Crippen LogP contribution in [0.3, 0.4) is 0 Å². The molecule has 1 aliphatic heterocycles. The highest BCUT2D eigenvalue weighted by molar-refractivity contribution is 6.00. The molecule has 1 aliphatic rings. The summed E-state index contributed by atoms with van der Waals surface area (Å²) in [7, 11) is 0. The molecule has 1 fully saturated rings. The summed E-state index contributed by atoms with van der Waals surface area (Å²) >= 11 is 0. The topological polar surface area (TPSA) is 73.2 Å². The van der Waals surface area contributed by atoms with Gasteiger partial charge in [0.15, 0.2) is 0 Å². The number of anilines is 1. The van der Waals surface area contributed by atoms with Crippen molar-refractivity contribution in [3.05, 3.63) is 30.3 Å². The quantitative estimate of drug-likeness (QED) is 0.904. The van der Waals surface area contributed by atoms with Crippen LogP contribution in [0.4, 0.5) is 5.69 Å². The number of amides is 2. The van der Waals surface area contributed by atoms with Crippen LogP contribution in [-0.2, 0) is 9.59 Å². The van der Waals surface area contributed by atoms with E-state index in [2.05, 4.69) is 5.32 Å². The van der Waals surface area contributed by atoms with Crippen molar-refractivity contribution in [2.24, 2.45) is 5.92 Å². The fourth-order valence-electron chi connectivity index (χ4n) is 2.18. The maximum Gasteiger partial charge on any atom is 0.227 e. The molecular weight excluding hydrogens is 254 g/mol. The summed E-state index contributed by atoms with van der Waals surface area (Å²) in [6.45, 7) is 3.63. The normalized spacial score (nSPS) is 18.8. The van der Waals surface area contributed by atoms with Crippen LogP contribution in [0, 0.1) is 17.2 Å². The van der Waals surface area contributed by atoms with E-state index >= 15 is 0 Å². The Hall–Kier alpha value is -2.35. The van der Waals surface area contributed by atoms with E-state index in [1.54, 1.807) is 18.7 Å². The first-order valence-electron chi connectivity index (χ1n) is 6.51. The Morgan fingerprint density at radius 2 is 2.05 bits per heavy atom. The minimum atomic E-state index is -0.916. The number of para-hydroxylation sites is 1. The molecular formula is C15H17N3O2. The van der Waals surface area contributed by atoms with E-state index in [9.17, 15) is 9.59 Å². The third-order valence-corrected chi connectivity index (χ3v) is 3.28. The predicted octanol–water partition coefficient (Wildman–Crippen LogP) is 1.46. The number of hydrogen-bond acceptors (Lipinski definition) is 3. The number of nitrogens with zero attached hydrogens (tertiary/aromatic N) is 2. The van der Waals surface area contributed by atoms with Gasteiger partial charge in [-0.2, -0.15) is 5.26 Å². The maximum atomic E-state index is 12.1. The van der Waals surface area contributed by atoms with Crippen molar-refractivity contribution in [2.45, 2.75) is 25.8 Å². The summed E-state index contributed by atoms with van der Waals surface area (Å²) < 4.78 is 0. The van der Waals surface area contributed by atoms with Gasteiger partial charge in [0.2, 0.25) is 11.8 Å². The first kappa shape index (κ1) is 14.1. The molecule has 0 radical (unpaired) electrons. The van der Waals surface area contributed by atoms with Gasteiger partial charge in [-0.25, -0.2) is 0 Å². The molecule has 1 aromatic rings. The smallest absolute Gasteiger partial charge is 0.227 e. The molecule has 5 nitrogen and oxygen atoms in total. The Kier molecular flexibility index (Phi) is 3.75. The van der Waals surface area contributed by atoms with Gasteiger partial charge >= 0.3 is 0 Å². The van der Waals surface area contributed by atoms with Gasteiger partial charge in [-0.3, -0.25) is 9.59 Å². The van der Waals surface area contributed by atoms with Crippen LogP contribution < -0.4 is 10.2 Å². The van der Waals surface area contributed by atoms with Gasteiger partial charge in [0, 0.05) is 18.7 Å². The minimum absolute atomic E-state index is 0.0638. The number of nitriles is 1. The average Bonchev–Trinajstić information content (AvgIpc) is 2.81. The van der Waals surface area contributed by atoms with E-state index in [1.165, 1.54) is 0 Å². The van der Waals surface area contributed by atoms with E-state index in [0.29, 0.717) is 6.54 Å². The van der Waals surface area contributed by atoms with Crippen LogP contribution in [0.5, 0.6) is 0 Å². The molecule has 1 saturated heterocycles. The van der Waals surface area contributed by atoms with Crippen LogP contribution >= 0.6 is 0 Å². The van der Waals surface area contributed by atoms with Crippen LogP contribution in [0.1, 0.15) is 20.3 Å². The van der Waals surface area contributed by atoms with Crippen LogP contribution in [0.2, 0.25) is 0 Å². The van der Waals surface area contributed by atoms with Crippen molar-refractivity contribution in [1.29, 1.82) is 5.26 Å². The summed E-state index contributed by atoms with van der Waals surface area (Å²) in [6.07, 6.45) is 0.183. The SMILES string of the molecule is CC(C)(C#N)NC(=O)C1CC(=O)N(c2ccccc2)C1. The Bertz CT molecular complexity index is 560. The molecule has 1 heterocycles. The summed E-state index contributed by atoms with van der Waals surface area (Å²) in [5.74, 6) is -0.718. The third kappa shape index (κ3) is 2.97. The highest BCUT2D eigenvalue weighted by atomic mass is 16.2. The third-order valence-electron chi connectivity index (χ3n) is 3.28. The Morgan fingerprint density at radius 3 is 2.65 bits per heavy atom. The lowest BCUT2D eigenvalue weighted by atomic mass is 10.0. The maximum absolute atomic E-state index is 12.1. The van der Waals surface area contributed by atoms with Gasteiger partial charge < -0.3 is 10.2 Å². The van der Waals surface area contributed by atoms with Crippen LogP contribution in [0.15, 0.2) is 30.3 Å². The molecule has 1 N–H and O–H groups in total. The van der Waals surface area contributed by atoms with Crippen molar-refractivity contribution < 1.29 is 9.59 Å². The standard InChI is InChI=1S/C15H17N3O2/c1-15(2,10-16)17-14(20)11-8-13(19)18(9-11)12-6-4-3-5-7-12/h3-7,11H,8-9H2,1-2H3,(H,17,20). The Labute approximate surface area is 118 Å². The number of carbonyl (C=O) groups excluding carboxylic acids is 2. The van der Waals surface area contributed by atoms with Crippen molar-refractivity contribution in [1.82, 2.24) is 5.32 Å². The van der Waals surface area contributed by atoms with Gasteiger partial charge in [-0.1, -0.05) is 18.2 Å². The molecule has 0 spiro atoms. The molecule has 2 rings (SSSR count). The summed E-state index contributed by atoms with van der Waals surface area (Å²) in [5.41, 5.74) is -0.118. The molecule has 2 amide bonds. The monoisotopic (exact) mass is 271 g/mol. The Balaban J connectivity index is 2.06. The second-order valence-electron chi connectivity index (χ2n) is 5.47. The van der Waals surface area contributed by atoms with Gasteiger partial charge in [-0.05, 0) is 26.0 Å². The van der Waals surface area contributed by atoms with E-state index < -0.39 is 11.5 Å². The average molecular weight is 271 g/mol. The molecule has 20 heavy (non-hydrogen) atoms. The molecule has 5 heteroatoms. The second kappa shape index (κ2) is 5.33. The van der Waals surface area contributed by atoms with Crippen molar-refractivity contribution in [2.75, 3.05) is 11.4 Å². The number of benzene rings is 1. The summed E-state index contributed by atoms with van der Waals surface area (Å²) in [4.78, 5) is 25.7. The first-order valence-corrected chi connectivity index (χ1v) is 6.51. The molecule has 0 saturated carbocycles. The number of carbonyl (C=O) groups is 2. The van der Waals surface area contributed by atoms with Crippen LogP contribution in [-0.4, -0.2) is 23.9 Å². The van der Waals surface area contributed by atoms with E-state index in [-0.39, 0.29) is 18.2 Å². The molecule has 1 unspecified atom stereocenters. The molecule has 0 aromatic heterocycles. The molecule has 104 valence electrons. The zero-order valence-corrected chi connectivity index (χ0v) is 11.6. The predicted molar refractivity (Wildman–Crippen MR) is 74.7 cm³/mol. The zero-order chi connectivity index (χ0) is 14.8. The molecule has 0 aliphatic carbocycles. The zero-order valence-electron chi connectivity index (χ0n) is 11.6. The highest BCUT2D eigenvalue weighted by Crippen LogP contribution is 2.25. The summed E-state index contributed by atoms with van der Waals surface area (Å²) in [5, 5.41) is 11.6. The van der Waals surface area contributed by atoms with E-state index in [4.69, 9.17) is 5.26 Å². The number of nitrogens with one attached hydrogen (secondary N) is 1. The fourth-order valence-corrected chi connectivity index (χ4v) is 2.18. The first-order chi connectivity index (χ1) is 9.43. The molecule has 1 atom stereocenters. The fraction of sp³-hybridized carbons (Fsp3) is 0.400. The number of hydrogen-bond donors (Lipinski definition) is 1. The number of rotatable bonds is 3. The van der Waals surface area contributed by atoms with Crippen molar-refractivity contribution >= 4 is 17.5 Å². The highest BCUT2D eigenvalue weighted by Gasteiger charge is 2.36. The minimum Gasteiger partial charge on any atom is -0.338 e. The molecule has 1 aromatic carbocycles. The lowest BCUT2D eigenvalue weighted by molar-refractivity contribution is -0.127. The second-order valence-corrected chi connectivity index (χ2v) is 5.47. The Morgan fingerprint density at radius 1 is 1.40 bits per heavy atom. The summed E-state index contributed by atoms with van der Waals surface area (Å²) in [6, 6.07) is 11.3. The van der Waals surface area contributed by atoms with Gasteiger partial charge in [0.05, 0.1) is 12.0 Å².